The maximum absolute atomic E-state index is 8.75. The van der Waals surface area contributed by atoms with Crippen LogP contribution in [0.25, 0.3) is 11.0 Å². The van der Waals surface area contributed by atoms with Gasteiger partial charge in [-0.05, 0) is 11.6 Å². The maximum atomic E-state index is 8.75. The van der Waals surface area contributed by atoms with Crippen LogP contribution in [0.5, 0.6) is 0 Å². The minimum atomic E-state index is 0.0129. The Morgan fingerprint density at radius 2 is 2.11 bits per heavy atom. The monoisotopic (exact) mass is 268 g/mol. The SMILES string of the molecule is CN(C)c1nc(Cl)nc2cnc(NCCO)nc12. The molecule has 0 aliphatic rings. The van der Waals surface area contributed by atoms with Crippen LogP contribution in [0.3, 0.4) is 0 Å². The summed E-state index contributed by atoms with van der Waals surface area (Å²) in [6.45, 7) is 0.399. The molecule has 0 aliphatic heterocycles. The van der Waals surface area contributed by atoms with Crippen molar-refractivity contribution in [2.75, 3.05) is 37.5 Å². The van der Waals surface area contributed by atoms with Crippen molar-refractivity contribution in [3.63, 3.8) is 0 Å². The first kappa shape index (κ1) is 12.7. The molecule has 0 radical (unpaired) electrons. The first-order valence-electron chi connectivity index (χ1n) is 5.34. The summed E-state index contributed by atoms with van der Waals surface area (Å²) < 4.78 is 0. The van der Waals surface area contributed by atoms with Crippen molar-refractivity contribution in [1.29, 1.82) is 0 Å². The molecule has 2 aromatic rings. The van der Waals surface area contributed by atoms with Crippen molar-refractivity contribution in [1.82, 2.24) is 19.9 Å². The van der Waals surface area contributed by atoms with Crippen LogP contribution in [0.2, 0.25) is 5.28 Å². The van der Waals surface area contributed by atoms with E-state index < -0.39 is 0 Å². The van der Waals surface area contributed by atoms with E-state index in [0.29, 0.717) is 29.3 Å². The Kier molecular flexibility index (Phi) is 3.73. The van der Waals surface area contributed by atoms with Crippen LogP contribution in [0.4, 0.5) is 11.8 Å². The zero-order valence-corrected chi connectivity index (χ0v) is 10.8. The van der Waals surface area contributed by atoms with E-state index in [-0.39, 0.29) is 11.9 Å². The van der Waals surface area contributed by atoms with Gasteiger partial charge in [0.05, 0.1) is 12.8 Å². The third-order valence-corrected chi connectivity index (χ3v) is 2.38. The number of nitrogens with zero attached hydrogens (tertiary/aromatic N) is 5. The number of rotatable bonds is 4. The van der Waals surface area contributed by atoms with Crippen molar-refractivity contribution in [3.05, 3.63) is 11.5 Å². The highest BCUT2D eigenvalue weighted by Crippen LogP contribution is 2.22. The second-order valence-corrected chi connectivity index (χ2v) is 4.13. The second-order valence-electron chi connectivity index (χ2n) is 3.79. The van der Waals surface area contributed by atoms with E-state index in [0.717, 1.165) is 0 Å². The minimum absolute atomic E-state index is 0.0129. The van der Waals surface area contributed by atoms with Crippen LogP contribution in [0.15, 0.2) is 6.20 Å². The Labute approximate surface area is 109 Å². The summed E-state index contributed by atoms with van der Waals surface area (Å²) in [4.78, 5) is 18.4. The van der Waals surface area contributed by atoms with Gasteiger partial charge in [-0.25, -0.2) is 15.0 Å². The minimum Gasteiger partial charge on any atom is -0.395 e. The smallest absolute Gasteiger partial charge is 0.225 e. The number of aliphatic hydroxyl groups is 1. The average Bonchev–Trinajstić information content (AvgIpc) is 2.35. The van der Waals surface area contributed by atoms with Gasteiger partial charge in [0.2, 0.25) is 11.2 Å². The summed E-state index contributed by atoms with van der Waals surface area (Å²) >= 11 is 5.84. The Morgan fingerprint density at radius 1 is 1.33 bits per heavy atom. The van der Waals surface area contributed by atoms with E-state index in [1.165, 1.54) is 0 Å². The number of aromatic nitrogens is 4. The zero-order chi connectivity index (χ0) is 13.1. The molecule has 0 saturated carbocycles. The van der Waals surface area contributed by atoms with Gasteiger partial charge >= 0.3 is 0 Å². The van der Waals surface area contributed by atoms with Crippen molar-refractivity contribution in [3.8, 4) is 0 Å². The molecule has 2 heterocycles. The van der Waals surface area contributed by atoms with Crippen LogP contribution in [0, 0.1) is 0 Å². The van der Waals surface area contributed by atoms with Crippen molar-refractivity contribution in [2.24, 2.45) is 0 Å². The third kappa shape index (κ3) is 2.57. The summed E-state index contributed by atoms with van der Waals surface area (Å²) in [5, 5.41) is 11.8. The first-order valence-corrected chi connectivity index (χ1v) is 5.72. The number of aliphatic hydroxyl groups excluding tert-OH is 1. The van der Waals surface area contributed by atoms with Gasteiger partial charge in [0.1, 0.15) is 11.0 Å². The van der Waals surface area contributed by atoms with Crippen molar-refractivity contribution < 1.29 is 5.11 Å². The highest BCUT2D eigenvalue weighted by Gasteiger charge is 2.11. The molecule has 0 amide bonds. The number of halogens is 1. The molecule has 0 saturated heterocycles. The van der Waals surface area contributed by atoms with Gasteiger partial charge in [-0.1, -0.05) is 0 Å². The lowest BCUT2D eigenvalue weighted by atomic mass is 10.4. The Hall–Kier alpha value is -1.73. The predicted octanol–water partition coefficient (Wildman–Crippen LogP) is 0.543. The molecular weight excluding hydrogens is 256 g/mol. The third-order valence-electron chi connectivity index (χ3n) is 2.21. The van der Waals surface area contributed by atoms with E-state index in [9.17, 15) is 0 Å². The van der Waals surface area contributed by atoms with Crippen LogP contribution >= 0.6 is 11.6 Å². The van der Waals surface area contributed by atoms with E-state index in [1.54, 1.807) is 11.1 Å². The van der Waals surface area contributed by atoms with E-state index >= 15 is 0 Å². The van der Waals surface area contributed by atoms with Gasteiger partial charge in [0, 0.05) is 20.6 Å². The summed E-state index contributed by atoms with van der Waals surface area (Å²) in [7, 11) is 3.70. The number of hydrogen-bond donors (Lipinski definition) is 2. The normalized spacial score (nSPS) is 10.7. The summed E-state index contributed by atoms with van der Waals surface area (Å²) in [6, 6.07) is 0. The molecule has 0 fully saturated rings. The molecular formula is C10H13ClN6O. The largest absolute Gasteiger partial charge is 0.395 e. The fourth-order valence-corrected chi connectivity index (χ4v) is 1.62. The Bertz CT molecular complexity index is 561. The molecule has 18 heavy (non-hydrogen) atoms. The van der Waals surface area contributed by atoms with Crippen molar-refractivity contribution >= 4 is 34.4 Å². The number of hydrogen-bond acceptors (Lipinski definition) is 7. The molecule has 8 heteroatoms. The molecule has 7 nitrogen and oxygen atoms in total. The summed E-state index contributed by atoms with van der Waals surface area (Å²) in [5.74, 6) is 1.05. The molecule has 0 bridgehead atoms. The van der Waals surface area contributed by atoms with Gasteiger partial charge in [0.25, 0.3) is 0 Å². The lowest BCUT2D eigenvalue weighted by Crippen LogP contribution is -2.14. The second kappa shape index (κ2) is 5.28. The van der Waals surface area contributed by atoms with Crippen LogP contribution in [0.1, 0.15) is 0 Å². The molecule has 0 aliphatic carbocycles. The van der Waals surface area contributed by atoms with E-state index in [4.69, 9.17) is 16.7 Å². The van der Waals surface area contributed by atoms with Crippen LogP contribution < -0.4 is 10.2 Å². The van der Waals surface area contributed by atoms with Gasteiger partial charge in [-0.15, -0.1) is 0 Å². The van der Waals surface area contributed by atoms with E-state index in [1.807, 2.05) is 14.1 Å². The predicted molar refractivity (Wildman–Crippen MR) is 70.0 cm³/mol. The molecule has 2 N–H and O–H groups in total. The summed E-state index contributed by atoms with van der Waals surface area (Å²) in [5.41, 5.74) is 1.19. The lowest BCUT2D eigenvalue weighted by Gasteiger charge is -2.13. The molecule has 0 spiro atoms. The van der Waals surface area contributed by atoms with Gasteiger partial charge in [0.15, 0.2) is 5.82 Å². The van der Waals surface area contributed by atoms with Gasteiger partial charge in [-0.2, -0.15) is 4.98 Å². The quantitative estimate of drug-likeness (QED) is 0.783. The molecule has 0 aromatic carbocycles. The molecule has 2 aromatic heterocycles. The highest BCUT2D eigenvalue weighted by molar-refractivity contribution is 6.28. The standard InChI is InChI=1S/C10H13ClN6O/c1-17(2)8-7-6(14-9(11)16-8)5-13-10(15-7)12-3-4-18/h5,18H,3-4H2,1-2H3,(H,12,13,15). The number of nitrogens with one attached hydrogen (secondary N) is 1. The van der Waals surface area contributed by atoms with Crippen LogP contribution in [-0.2, 0) is 0 Å². The highest BCUT2D eigenvalue weighted by atomic mass is 35.5. The molecule has 0 unspecified atom stereocenters. The van der Waals surface area contributed by atoms with Gasteiger partial charge in [-0.3, -0.25) is 0 Å². The van der Waals surface area contributed by atoms with Crippen molar-refractivity contribution in [2.45, 2.75) is 0 Å². The first-order chi connectivity index (χ1) is 8.61. The van der Waals surface area contributed by atoms with Crippen LogP contribution in [-0.4, -0.2) is 52.3 Å². The fraction of sp³-hybridized carbons (Fsp3) is 0.400. The fourth-order valence-electron chi connectivity index (χ4n) is 1.45. The Balaban J connectivity index is 2.52. The molecule has 2 rings (SSSR count). The molecule has 96 valence electrons. The van der Waals surface area contributed by atoms with Gasteiger partial charge < -0.3 is 15.3 Å². The number of fused-ring (bicyclic) bond motifs is 1. The number of anilines is 2. The average molecular weight is 269 g/mol. The topological polar surface area (TPSA) is 87.1 Å². The summed E-state index contributed by atoms with van der Waals surface area (Å²) in [6.07, 6.45) is 1.57. The maximum Gasteiger partial charge on any atom is 0.225 e. The Morgan fingerprint density at radius 3 is 2.78 bits per heavy atom. The van der Waals surface area contributed by atoms with E-state index in [2.05, 4.69) is 25.3 Å². The zero-order valence-electron chi connectivity index (χ0n) is 10.1. The lowest BCUT2D eigenvalue weighted by molar-refractivity contribution is 0.311. The molecule has 0 atom stereocenters.